The second kappa shape index (κ2) is 7.24. The Morgan fingerprint density at radius 2 is 1.53 bits per heavy atom. The van der Waals surface area contributed by atoms with Gasteiger partial charge in [0, 0.05) is 12.0 Å². The molecule has 4 nitrogen and oxygen atoms in total. The van der Waals surface area contributed by atoms with Crippen LogP contribution in [0.3, 0.4) is 0 Å². The Hall–Kier alpha value is -1.57. The predicted molar refractivity (Wildman–Crippen MR) is 77.4 cm³/mol. The zero-order valence-electron chi connectivity index (χ0n) is 14.9. The summed E-state index contributed by atoms with van der Waals surface area (Å²) in [6.45, 7) is 2.63. The molecule has 1 aliphatic heterocycles. The van der Waals surface area contributed by atoms with Crippen LogP contribution in [0.2, 0.25) is 0 Å². The Morgan fingerprint density at radius 1 is 1.03 bits per heavy atom. The number of rotatable bonds is 3. The van der Waals surface area contributed by atoms with E-state index in [4.69, 9.17) is 0 Å². The van der Waals surface area contributed by atoms with E-state index in [1.54, 1.807) is 0 Å². The molecule has 0 aromatic carbocycles. The van der Waals surface area contributed by atoms with Crippen LogP contribution in [0, 0.1) is 5.92 Å². The SMILES string of the molecule is C=CC(=O)OC1(C(F)(F)F)OC(C(F)(F)F)C(F)(F)C(O)(C2CCCCC2)C1(F)F. The van der Waals surface area contributed by atoms with Crippen molar-refractivity contribution in [3.05, 3.63) is 12.7 Å². The molecular weight excluding hydrogens is 446 g/mol. The van der Waals surface area contributed by atoms with E-state index in [0.717, 1.165) is 0 Å². The van der Waals surface area contributed by atoms with Crippen LogP contribution in [0.15, 0.2) is 12.7 Å². The van der Waals surface area contributed by atoms with Crippen molar-refractivity contribution in [2.24, 2.45) is 5.92 Å². The van der Waals surface area contributed by atoms with Crippen molar-refractivity contribution in [1.82, 2.24) is 0 Å². The van der Waals surface area contributed by atoms with E-state index < -0.39 is 66.4 Å². The number of carbonyl (C=O) groups is 1. The van der Waals surface area contributed by atoms with E-state index in [-0.39, 0.29) is 25.3 Å². The Balaban J connectivity index is 2.87. The molecule has 1 heterocycles. The van der Waals surface area contributed by atoms with Crippen LogP contribution in [0.4, 0.5) is 43.9 Å². The Kier molecular flexibility index (Phi) is 5.96. The number of hydrogen-bond acceptors (Lipinski definition) is 4. The van der Waals surface area contributed by atoms with Crippen molar-refractivity contribution < 1.29 is 63.3 Å². The fraction of sp³-hybridized carbons (Fsp3) is 0.812. The molecule has 1 N–H and O–H groups in total. The summed E-state index contributed by atoms with van der Waals surface area (Å²) in [5, 5.41) is 10.4. The molecule has 0 bridgehead atoms. The van der Waals surface area contributed by atoms with E-state index in [0.29, 0.717) is 0 Å². The van der Waals surface area contributed by atoms with Crippen LogP contribution in [-0.4, -0.2) is 52.8 Å². The van der Waals surface area contributed by atoms with Crippen molar-refractivity contribution in [3.63, 3.8) is 0 Å². The average molecular weight is 462 g/mol. The van der Waals surface area contributed by atoms with Gasteiger partial charge in [-0.3, -0.25) is 0 Å². The third kappa shape index (κ3) is 3.26. The summed E-state index contributed by atoms with van der Waals surface area (Å²) >= 11 is 0. The number of ether oxygens (including phenoxy) is 2. The molecule has 1 saturated heterocycles. The Morgan fingerprint density at radius 3 is 1.93 bits per heavy atom. The lowest BCUT2D eigenvalue weighted by atomic mass is 9.65. The van der Waals surface area contributed by atoms with E-state index in [1.165, 1.54) is 0 Å². The highest BCUT2D eigenvalue weighted by molar-refractivity contribution is 5.81. The first-order valence-electron chi connectivity index (χ1n) is 8.55. The standard InChI is InChI=1S/C16H16F10O4/c1-2-9(27)29-15(16(24,25)26)14(22,23)11(28,8-6-4-3-5-7-8)12(17,18)10(30-15)13(19,20)21/h2,8,10,28H,1,3-7H2. The Labute approximate surface area is 162 Å². The molecule has 0 amide bonds. The predicted octanol–water partition coefficient (Wildman–Crippen LogP) is 4.52. The summed E-state index contributed by atoms with van der Waals surface area (Å²) in [5.74, 6) is -22.7. The van der Waals surface area contributed by atoms with Crippen LogP contribution in [0.25, 0.3) is 0 Å². The number of alkyl halides is 10. The topological polar surface area (TPSA) is 55.8 Å². The summed E-state index contributed by atoms with van der Waals surface area (Å²) < 4.78 is 147. The molecule has 14 heteroatoms. The monoisotopic (exact) mass is 462 g/mol. The minimum atomic E-state index is -6.65. The maximum Gasteiger partial charge on any atom is 0.462 e. The first-order valence-corrected chi connectivity index (χ1v) is 8.55. The van der Waals surface area contributed by atoms with Gasteiger partial charge < -0.3 is 14.6 Å². The zero-order valence-corrected chi connectivity index (χ0v) is 14.9. The van der Waals surface area contributed by atoms with Crippen molar-refractivity contribution in [1.29, 1.82) is 0 Å². The van der Waals surface area contributed by atoms with E-state index >= 15 is 8.78 Å². The van der Waals surface area contributed by atoms with Gasteiger partial charge in [0.25, 0.3) is 0 Å². The van der Waals surface area contributed by atoms with E-state index in [1.807, 2.05) is 0 Å². The zero-order chi connectivity index (χ0) is 23.4. The van der Waals surface area contributed by atoms with Gasteiger partial charge in [0.2, 0.25) is 11.7 Å². The second-order valence-electron chi connectivity index (χ2n) is 7.08. The average Bonchev–Trinajstić information content (AvgIpc) is 2.61. The summed E-state index contributed by atoms with van der Waals surface area (Å²) in [4.78, 5) is 11.3. The number of esters is 1. The Bertz CT molecular complexity index is 682. The van der Waals surface area contributed by atoms with Gasteiger partial charge in [-0.15, -0.1) is 0 Å². The molecule has 1 aliphatic carbocycles. The minimum Gasteiger partial charge on any atom is -0.415 e. The van der Waals surface area contributed by atoms with Gasteiger partial charge in [-0.25, -0.2) is 4.79 Å². The molecule has 2 fully saturated rings. The van der Waals surface area contributed by atoms with Crippen LogP contribution in [-0.2, 0) is 14.3 Å². The summed E-state index contributed by atoms with van der Waals surface area (Å²) in [6.07, 6.45) is -19.3. The summed E-state index contributed by atoms with van der Waals surface area (Å²) in [5.41, 5.74) is -5.20. The van der Waals surface area contributed by atoms with Crippen LogP contribution in [0.1, 0.15) is 32.1 Å². The second-order valence-corrected chi connectivity index (χ2v) is 7.08. The van der Waals surface area contributed by atoms with E-state index in [9.17, 15) is 45.0 Å². The maximum atomic E-state index is 15.2. The lowest BCUT2D eigenvalue weighted by Gasteiger charge is -2.58. The fourth-order valence-electron chi connectivity index (χ4n) is 3.87. The quantitative estimate of drug-likeness (QED) is 0.381. The molecule has 30 heavy (non-hydrogen) atoms. The number of aliphatic hydroxyl groups is 1. The number of halogens is 10. The maximum absolute atomic E-state index is 15.2. The van der Waals surface area contributed by atoms with Gasteiger partial charge in [0.05, 0.1) is 0 Å². The molecule has 3 atom stereocenters. The highest BCUT2D eigenvalue weighted by atomic mass is 19.4. The molecule has 2 rings (SSSR count). The lowest BCUT2D eigenvalue weighted by molar-refractivity contribution is -0.537. The first kappa shape index (κ1) is 24.7. The van der Waals surface area contributed by atoms with Crippen molar-refractivity contribution >= 4 is 5.97 Å². The van der Waals surface area contributed by atoms with E-state index in [2.05, 4.69) is 16.1 Å². The molecule has 0 radical (unpaired) electrons. The normalized spacial score (nSPS) is 35.0. The number of carbonyl (C=O) groups excluding carboxylic acids is 1. The van der Waals surface area contributed by atoms with Gasteiger partial charge in [-0.2, -0.15) is 43.9 Å². The number of hydrogen-bond donors (Lipinski definition) is 1. The molecule has 0 aromatic heterocycles. The van der Waals surface area contributed by atoms with Crippen LogP contribution < -0.4 is 0 Å². The van der Waals surface area contributed by atoms with Gasteiger partial charge in [-0.1, -0.05) is 25.8 Å². The molecule has 1 saturated carbocycles. The smallest absolute Gasteiger partial charge is 0.415 e. The van der Waals surface area contributed by atoms with Gasteiger partial charge in [0.1, 0.15) is 0 Å². The first-order chi connectivity index (χ1) is 13.4. The molecule has 3 unspecified atom stereocenters. The van der Waals surface area contributed by atoms with Crippen molar-refractivity contribution in [2.45, 2.75) is 73.8 Å². The van der Waals surface area contributed by atoms with Gasteiger partial charge in [-0.05, 0) is 12.8 Å². The third-order valence-corrected chi connectivity index (χ3v) is 5.29. The molecular formula is C16H16F10O4. The summed E-state index contributed by atoms with van der Waals surface area (Å²) in [6, 6.07) is 0. The molecule has 174 valence electrons. The molecule has 0 spiro atoms. The molecule has 2 aliphatic rings. The van der Waals surface area contributed by atoms with Crippen LogP contribution in [0.5, 0.6) is 0 Å². The van der Waals surface area contributed by atoms with Crippen molar-refractivity contribution in [3.8, 4) is 0 Å². The van der Waals surface area contributed by atoms with Crippen LogP contribution >= 0.6 is 0 Å². The van der Waals surface area contributed by atoms with Gasteiger partial charge in [0.15, 0.2) is 0 Å². The lowest BCUT2D eigenvalue weighted by Crippen LogP contribution is -2.85. The minimum absolute atomic E-state index is 0.109. The fourth-order valence-corrected chi connectivity index (χ4v) is 3.87. The van der Waals surface area contributed by atoms with Gasteiger partial charge >= 0.3 is 36.0 Å². The summed E-state index contributed by atoms with van der Waals surface area (Å²) in [7, 11) is 0. The highest BCUT2D eigenvalue weighted by Crippen LogP contribution is 2.65. The third-order valence-electron chi connectivity index (χ3n) is 5.29. The largest absolute Gasteiger partial charge is 0.462 e. The highest BCUT2D eigenvalue weighted by Gasteiger charge is 2.93. The van der Waals surface area contributed by atoms with Crippen molar-refractivity contribution in [2.75, 3.05) is 0 Å². The molecule has 0 aromatic rings.